The van der Waals surface area contributed by atoms with Crippen LogP contribution >= 0.6 is 0 Å². The van der Waals surface area contributed by atoms with Crippen LogP contribution in [0.3, 0.4) is 0 Å². The van der Waals surface area contributed by atoms with Crippen molar-refractivity contribution >= 4 is 11.6 Å². The Hall–Kier alpha value is -3.60. The molecule has 29 heavy (non-hydrogen) atoms. The maximum atomic E-state index is 12.5. The number of allylic oxidation sites excluding steroid dienone is 1. The van der Waals surface area contributed by atoms with Gasteiger partial charge in [0.2, 0.25) is 0 Å². The minimum atomic E-state index is -0.150. The molecule has 0 aliphatic heterocycles. The number of ketones is 1. The maximum Gasteiger partial charge on any atom is 0.190 e. The average molecular weight is 387 g/mol. The lowest BCUT2D eigenvalue weighted by molar-refractivity contribution is 0.104. The van der Waals surface area contributed by atoms with Gasteiger partial charge in [-0.1, -0.05) is 55.1 Å². The van der Waals surface area contributed by atoms with Crippen LogP contribution in [0.15, 0.2) is 86.1 Å². The average Bonchev–Trinajstić information content (AvgIpc) is 3.17. The van der Waals surface area contributed by atoms with Gasteiger partial charge in [-0.15, -0.1) is 6.58 Å². The fourth-order valence-electron chi connectivity index (χ4n) is 3.20. The third-order valence-electron chi connectivity index (χ3n) is 4.62. The zero-order chi connectivity index (χ0) is 20.6. The lowest BCUT2D eigenvalue weighted by atomic mass is 10.1. The molecule has 0 aliphatic carbocycles. The van der Waals surface area contributed by atoms with E-state index in [2.05, 4.69) is 35.3 Å². The van der Waals surface area contributed by atoms with E-state index in [1.165, 1.54) is 6.08 Å². The maximum absolute atomic E-state index is 12.5. The van der Waals surface area contributed by atoms with Gasteiger partial charge in [0.05, 0.1) is 25.4 Å². The lowest BCUT2D eigenvalue weighted by Crippen LogP contribution is -2.27. The number of hydrogen-bond acceptors (Lipinski definition) is 4. The van der Waals surface area contributed by atoms with Crippen LogP contribution < -0.4 is 9.64 Å². The Balaban J connectivity index is 1.99. The van der Waals surface area contributed by atoms with Crippen LogP contribution in [-0.2, 0) is 13.1 Å². The topological polar surface area (TPSA) is 47.4 Å². The van der Waals surface area contributed by atoms with Crippen LogP contribution in [0.1, 0.15) is 21.5 Å². The number of carbonyl (C=O) groups is 1. The molecule has 0 unspecified atom stereocenters. The number of methoxy groups -OCH3 is 1. The van der Waals surface area contributed by atoms with E-state index in [9.17, 15) is 4.79 Å². The SMILES string of the molecule is C=CCN(Cc1ccccc1)c1c(C(=O)C=C)cnn1Cc1ccc(OC)cc1. The number of anilines is 1. The van der Waals surface area contributed by atoms with Crippen LogP contribution in [0.25, 0.3) is 0 Å². The minimum Gasteiger partial charge on any atom is -0.497 e. The number of benzene rings is 2. The van der Waals surface area contributed by atoms with Crippen molar-refractivity contribution in [3.05, 3.63) is 103 Å². The van der Waals surface area contributed by atoms with Crippen LogP contribution in [0, 0.1) is 0 Å². The summed E-state index contributed by atoms with van der Waals surface area (Å²) in [5.74, 6) is 1.41. The van der Waals surface area contributed by atoms with Crippen molar-refractivity contribution in [2.75, 3.05) is 18.6 Å². The molecule has 0 fully saturated rings. The van der Waals surface area contributed by atoms with E-state index in [0.29, 0.717) is 25.2 Å². The summed E-state index contributed by atoms with van der Waals surface area (Å²) in [7, 11) is 1.64. The second-order valence-electron chi connectivity index (χ2n) is 6.61. The minimum absolute atomic E-state index is 0.150. The predicted molar refractivity (Wildman–Crippen MR) is 117 cm³/mol. The molecule has 0 spiro atoms. The van der Waals surface area contributed by atoms with E-state index < -0.39 is 0 Å². The molecule has 0 N–H and O–H groups in total. The Morgan fingerprint density at radius 1 is 1.10 bits per heavy atom. The van der Waals surface area contributed by atoms with Crippen molar-refractivity contribution in [1.29, 1.82) is 0 Å². The van der Waals surface area contributed by atoms with E-state index in [0.717, 1.165) is 22.7 Å². The number of aromatic nitrogens is 2. The van der Waals surface area contributed by atoms with Crippen molar-refractivity contribution < 1.29 is 9.53 Å². The van der Waals surface area contributed by atoms with Gasteiger partial charge in [-0.2, -0.15) is 5.10 Å². The van der Waals surface area contributed by atoms with Crippen molar-refractivity contribution in [3.63, 3.8) is 0 Å². The molecular weight excluding hydrogens is 362 g/mol. The zero-order valence-electron chi connectivity index (χ0n) is 16.6. The molecule has 148 valence electrons. The molecule has 0 aliphatic rings. The number of carbonyl (C=O) groups excluding carboxylic acids is 1. The number of rotatable bonds is 10. The highest BCUT2D eigenvalue weighted by atomic mass is 16.5. The fraction of sp³-hybridized carbons (Fsp3) is 0.167. The summed E-state index contributed by atoms with van der Waals surface area (Å²) in [6, 6.07) is 18.0. The Morgan fingerprint density at radius 2 is 1.83 bits per heavy atom. The summed E-state index contributed by atoms with van der Waals surface area (Å²) in [6.07, 6.45) is 4.77. The molecule has 3 aromatic rings. The Morgan fingerprint density at radius 3 is 2.45 bits per heavy atom. The monoisotopic (exact) mass is 387 g/mol. The van der Waals surface area contributed by atoms with Crippen molar-refractivity contribution in [2.24, 2.45) is 0 Å². The van der Waals surface area contributed by atoms with Gasteiger partial charge in [-0.05, 0) is 29.3 Å². The molecule has 0 saturated carbocycles. The summed E-state index contributed by atoms with van der Waals surface area (Å²) >= 11 is 0. The standard InChI is InChI=1S/C24H25N3O2/c1-4-15-26(17-19-9-7-6-8-10-19)24-22(23(28)5-2)16-25-27(24)18-20-11-13-21(29-3)14-12-20/h4-14,16H,1-2,15,17-18H2,3H3. The van der Waals surface area contributed by atoms with E-state index in [1.807, 2.05) is 53.2 Å². The quantitative estimate of drug-likeness (QED) is 0.292. The molecule has 3 rings (SSSR count). The Kier molecular flexibility index (Phi) is 6.63. The van der Waals surface area contributed by atoms with Crippen molar-refractivity contribution in [3.8, 4) is 5.75 Å². The largest absolute Gasteiger partial charge is 0.497 e. The first-order valence-electron chi connectivity index (χ1n) is 9.41. The smallest absolute Gasteiger partial charge is 0.190 e. The Bertz CT molecular complexity index is 975. The summed E-state index contributed by atoms with van der Waals surface area (Å²) in [4.78, 5) is 14.6. The Labute approximate surface area is 171 Å². The molecule has 2 aromatic carbocycles. The molecule has 5 heteroatoms. The van der Waals surface area contributed by atoms with Crippen LogP contribution in [0.4, 0.5) is 5.82 Å². The fourth-order valence-corrected chi connectivity index (χ4v) is 3.20. The highest BCUT2D eigenvalue weighted by Crippen LogP contribution is 2.25. The molecular formula is C24H25N3O2. The third kappa shape index (κ3) is 4.82. The first kappa shape index (κ1) is 20.1. The van der Waals surface area contributed by atoms with Gasteiger partial charge < -0.3 is 9.64 Å². The van der Waals surface area contributed by atoms with Gasteiger partial charge in [0.15, 0.2) is 5.78 Å². The molecule has 0 saturated heterocycles. The zero-order valence-corrected chi connectivity index (χ0v) is 16.6. The highest BCUT2D eigenvalue weighted by Gasteiger charge is 2.21. The van der Waals surface area contributed by atoms with Gasteiger partial charge >= 0.3 is 0 Å². The van der Waals surface area contributed by atoms with E-state index >= 15 is 0 Å². The molecule has 1 aromatic heterocycles. The predicted octanol–water partition coefficient (Wildman–Crippen LogP) is 4.50. The second kappa shape index (κ2) is 9.55. The van der Waals surface area contributed by atoms with Gasteiger partial charge in [0.25, 0.3) is 0 Å². The highest BCUT2D eigenvalue weighted by molar-refractivity contribution is 6.07. The summed E-state index contributed by atoms with van der Waals surface area (Å²) in [5.41, 5.74) is 2.74. The lowest BCUT2D eigenvalue weighted by Gasteiger charge is -2.25. The van der Waals surface area contributed by atoms with E-state index in [1.54, 1.807) is 13.3 Å². The number of ether oxygens (including phenoxy) is 1. The molecule has 0 radical (unpaired) electrons. The van der Waals surface area contributed by atoms with Crippen molar-refractivity contribution in [2.45, 2.75) is 13.1 Å². The van der Waals surface area contributed by atoms with E-state index in [-0.39, 0.29) is 5.78 Å². The first-order chi connectivity index (χ1) is 14.2. The normalized spacial score (nSPS) is 10.4. The summed E-state index contributed by atoms with van der Waals surface area (Å²) in [5, 5.41) is 4.51. The van der Waals surface area contributed by atoms with Gasteiger partial charge in [-0.25, -0.2) is 4.68 Å². The number of nitrogens with zero attached hydrogens (tertiary/aromatic N) is 3. The van der Waals surface area contributed by atoms with Gasteiger partial charge in [-0.3, -0.25) is 4.79 Å². The van der Waals surface area contributed by atoms with Crippen LogP contribution in [0.5, 0.6) is 5.75 Å². The number of hydrogen-bond donors (Lipinski definition) is 0. The second-order valence-corrected chi connectivity index (χ2v) is 6.61. The van der Waals surface area contributed by atoms with Crippen LogP contribution in [-0.4, -0.2) is 29.2 Å². The molecule has 0 amide bonds. The van der Waals surface area contributed by atoms with Crippen molar-refractivity contribution in [1.82, 2.24) is 9.78 Å². The summed E-state index contributed by atoms with van der Waals surface area (Å²) < 4.78 is 7.08. The first-order valence-corrected chi connectivity index (χ1v) is 9.41. The molecule has 5 nitrogen and oxygen atoms in total. The van der Waals surface area contributed by atoms with E-state index in [4.69, 9.17) is 4.74 Å². The third-order valence-corrected chi connectivity index (χ3v) is 4.62. The van der Waals surface area contributed by atoms with Crippen LogP contribution in [0.2, 0.25) is 0 Å². The molecule has 0 atom stereocenters. The van der Waals surface area contributed by atoms with Gasteiger partial charge in [0.1, 0.15) is 11.6 Å². The summed E-state index contributed by atoms with van der Waals surface area (Å²) in [6.45, 7) is 9.29. The molecule has 0 bridgehead atoms. The molecule has 1 heterocycles. The van der Waals surface area contributed by atoms with Gasteiger partial charge in [0, 0.05) is 13.1 Å².